The van der Waals surface area contributed by atoms with Crippen LogP contribution in [0.1, 0.15) is 18.3 Å². The first-order chi connectivity index (χ1) is 5.63. The lowest BCUT2D eigenvalue weighted by atomic mass is 10.2. The molecule has 0 fully saturated rings. The average molecular weight is 165 g/mol. The van der Waals surface area contributed by atoms with Gasteiger partial charge in [0.1, 0.15) is 0 Å². The zero-order chi connectivity index (χ0) is 9.14. The van der Waals surface area contributed by atoms with Crippen molar-refractivity contribution in [2.24, 2.45) is 12.8 Å². The summed E-state index contributed by atoms with van der Waals surface area (Å²) in [7, 11) is 1.93. The third-order valence-corrected chi connectivity index (χ3v) is 1.75. The molecule has 0 bridgehead atoms. The predicted molar refractivity (Wildman–Crippen MR) is 50.7 cm³/mol. The molecule has 0 aliphatic heterocycles. The van der Waals surface area contributed by atoms with Crippen LogP contribution in [-0.2, 0) is 7.05 Å². The Balaban J connectivity index is 2.95. The number of nitrogens with zero attached hydrogens (tertiary/aromatic N) is 2. The van der Waals surface area contributed by atoms with E-state index in [1.165, 1.54) is 0 Å². The minimum absolute atomic E-state index is 0.601. The van der Waals surface area contributed by atoms with Crippen LogP contribution in [0.3, 0.4) is 0 Å². The maximum Gasteiger partial charge on any atom is 0.0609 e. The Morgan fingerprint density at radius 3 is 2.83 bits per heavy atom. The summed E-state index contributed by atoms with van der Waals surface area (Å²) in [5.41, 5.74) is 8.79. The van der Waals surface area contributed by atoms with Gasteiger partial charge >= 0.3 is 0 Å². The van der Waals surface area contributed by atoms with Gasteiger partial charge in [-0.25, -0.2) is 0 Å². The monoisotopic (exact) mass is 165 g/mol. The molecule has 1 heterocycles. The molecule has 3 nitrogen and oxygen atoms in total. The van der Waals surface area contributed by atoms with Crippen LogP contribution in [0.4, 0.5) is 0 Å². The van der Waals surface area contributed by atoms with Crippen molar-refractivity contribution in [1.29, 1.82) is 0 Å². The minimum Gasteiger partial charge on any atom is -0.327 e. The van der Waals surface area contributed by atoms with E-state index in [9.17, 15) is 0 Å². The van der Waals surface area contributed by atoms with Crippen molar-refractivity contribution in [3.8, 4) is 0 Å². The Kier molecular flexibility index (Phi) is 2.65. The molecule has 0 radical (unpaired) electrons. The molecule has 1 aromatic rings. The highest BCUT2D eigenvalue weighted by Crippen LogP contribution is 2.06. The molecule has 0 saturated heterocycles. The van der Waals surface area contributed by atoms with E-state index in [2.05, 4.69) is 11.2 Å². The number of rotatable bonds is 2. The Hall–Kier alpha value is -1.09. The van der Waals surface area contributed by atoms with Crippen LogP contribution in [0.2, 0.25) is 0 Å². The molecule has 0 saturated carbocycles. The lowest BCUT2D eigenvalue weighted by Crippen LogP contribution is -2.00. The van der Waals surface area contributed by atoms with Crippen molar-refractivity contribution in [3.63, 3.8) is 0 Å². The SMILES string of the molecule is CC(=Cc1cc(C)nn1C)CN. The highest BCUT2D eigenvalue weighted by atomic mass is 15.3. The summed E-state index contributed by atoms with van der Waals surface area (Å²) in [6.45, 7) is 4.60. The van der Waals surface area contributed by atoms with E-state index in [1.807, 2.05) is 31.6 Å². The van der Waals surface area contributed by atoms with E-state index in [4.69, 9.17) is 5.73 Å². The van der Waals surface area contributed by atoms with Gasteiger partial charge in [-0.15, -0.1) is 0 Å². The molecule has 0 unspecified atom stereocenters. The summed E-state index contributed by atoms with van der Waals surface area (Å²) in [6.07, 6.45) is 2.06. The third-order valence-electron chi connectivity index (χ3n) is 1.75. The summed E-state index contributed by atoms with van der Waals surface area (Å²) in [5.74, 6) is 0. The number of aryl methyl sites for hydroxylation is 2. The van der Waals surface area contributed by atoms with Gasteiger partial charge in [0.15, 0.2) is 0 Å². The fourth-order valence-electron chi connectivity index (χ4n) is 1.08. The molecule has 3 heteroatoms. The maximum absolute atomic E-state index is 5.48. The van der Waals surface area contributed by atoms with Crippen molar-refractivity contribution in [2.75, 3.05) is 6.54 Å². The van der Waals surface area contributed by atoms with Gasteiger partial charge in [-0.2, -0.15) is 5.10 Å². The van der Waals surface area contributed by atoms with Crippen LogP contribution >= 0.6 is 0 Å². The summed E-state index contributed by atoms with van der Waals surface area (Å²) in [5, 5.41) is 4.23. The first-order valence-electron chi connectivity index (χ1n) is 4.01. The van der Waals surface area contributed by atoms with Crippen LogP contribution in [0.15, 0.2) is 11.6 Å². The van der Waals surface area contributed by atoms with Gasteiger partial charge in [0.2, 0.25) is 0 Å². The minimum atomic E-state index is 0.601. The number of aromatic nitrogens is 2. The van der Waals surface area contributed by atoms with E-state index in [0.717, 1.165) is 17.0 Å². The second-order valence-corrected chi connectivity index (χ2v) is 3.03. The highest BCUT2D eigenvalue weighted by molar-refractivity contribution is 5.49. The molecule has 0 atom stereocenters. The second kappa shape index (κ2) is 3.54. The number of hydrogen-bond donors (Lipinski definition) is 1. The van der Waals surface area contributed by atoms with Crippen LogP contribution in [0.25, 0.3) is 6.08 Å². The number of nitrogens with two attached hydrogens (primary N) is 1. The Bertz CT molecular complexity index is 297. The van der Waals surface area contributed by atoms with Gasteiger partial charge < -0.3 is 5.73 Å². The van der Waals surface area contributed by atoms with Gasteiger partial charge in [0, 0.05) is 13.6 Å². The van der Waals surface area contributed by atoms with E-state index in [1.54, 1.807) is 0 Å². The maximum atomic E-state index is 5.48. The molecule has 0 aromatic carbocycles. The van der Waals surface area contributed by atoms with E-state index >= 15 is 0 Å². The van der Waals surface area contributed by atoms with E-state index in [0.29, 0.717) is 6.54 Å². The van der Waals surface area contributed by atoms with Crippen LogP contribution in [0, 0.1) is 6.92 Å². The van der Waals surface area contributed by atoms with E-state index in [-0.39, 0.29) is 0 Å². The molecule has 1 rings (SSSR count). The summed E-state index contributed by atoms with van der Waals surface area (Å²) < 4.78 is 1.86. The van der Waals surface area contributed by atoms with Gasteiger partial charge in [0.05, 0.1) is 11.4 Å². The lowest BCUT2D eigenvalue weighted by Gasteiger charge is -1.96. The molecular formula is C9H15N3. The summed E-state index contributed by atoms with van der Waals surface area (Å²) in [6, 6.07) is 2.04. The molecule has 66 valence electrons. The van der Waals surface area contributed by atoms with Gasteiger partial charge in [-0.1, -0.05) is 5.57 Å². The normalized spacial score (nSPS) is 12.2. The van der Waals surface area contributed by atoms with Gasteiger partial charge in [0.25, 0.3) is 0 Å². The van der Waals surface area contributed by atoms with Crippen LogP contribution in [-0.4, -0.2) is 16.3 Å². The topological polar surface area (TPSA) is 43.8 Å². The molecule has 2 N–H and O–H groups in total. The first-order valence-corrected chi connectivity index (χ1v) is 4.01. The number of hydrogen-bond acceptors (Lipinski definition) is 2. The smallest absolute Gasteiger partial charge is 0.0609 e. The molecule has 1 aromatic heterocycles. The quantitative estimate of drug-likeness (QED) is 0.713. The molecule has 0 spiro atoms. The zero-order valence-electron chi connectivity index (χ0n) is 7.83. The van der Waals surface area contributed by atoms with Crippen molar-refractivity contribution >= 4 is 6.08 Å². The van der Waals surface area contributed by atoms with Gasteiger partial charge in [-0.05, 0) is 26.0 Å². The standard InChI is InChI=1S/C9H15N3/c1-7(6-10)4-9-5-8(2)11-12(9)3/h4-5H,6,10H2,1-3H3. The van der Waals surface area contributed by atoms with E-state index < -0.39 is 0 Å². The molecule has 0 amide bonds. The zero-order valence-corrected chi connectivity index (χ0v) is 7.83. The first kappa shape index (κ1) is 9.00. The third kappa shape index (κ3) is 1.95. The highest BCUT2D eigenvalue weighted by Gasteiger charge is 1.97. The molecule has 0 aliphatic rings. The molecular weight excluding hydrogens is 150 g/mol. The van der Waals surface area contributed by atoms with Crippen LogP contribution in [0.5, 0.6) is 0 Å². The fraction of sp³-hybridized carbons (Fsp3) is 0.444. The Labute approximate surface area is 72.9 Å². The van der Waals surface area contributed by atoms with Gasteiger partial charge in [-0.3, -0.25) is 4.68 Å². The van der Waals surface area contributed by atoms with Crippen molar-refractivity contribution in [2.45, 2.75) is 13.8 Å². The summed E-state index contributed by atoms with van der Waals surface area (Å²) >= 11 is 0. The Morgan fingerprint density at radius 2 is 2.42 bits per heavy atom. The summed E-state index contributed by atoms with van der Waals surface area (Å²) in [4.78, 5) is 0. The molecule has 12 heavy (non-hydrogen) atoms. The predicted octanol–water partition coefficient (Wildman–Crippen LogP) is 1.09. The van der Waals surface area contributed by atoms with Crippen LogP contribution < -0.4 is 5.73 Å². The fourth-order valence-corrected chi connectivity index (χ4v) is 1.08. The van der Waals surface area contributed by atoms with Crippen molar-refractivity contribution < 1.29 is 0 Å². The van der Waals surface area contributed by atoms with Crippen molar-refractivity contribution in [3.05, 3.63) is 23.0 Å². The second-order valence-electron chi connectivity index (χ2n) is 3.03. The lowest BCUT2D eigenvalue weighted by molar-refractivity contribution is 0.748. The molecule has 0 aliphatic carbocycles. The largest absolute Gasteiger partial charge is 0.327 e. The Morgan fingerprint density at radius 1 is 1.75 bits per heavy atom. The van der Waals surface area contributed by atoms with Crippen molar-refractivity contribution in [1.82, 2.24) is 9.78 Å². The average Bonchev–Trinajstić information content (AvgIpc) is 2.30.